The van der Waals surface area contributed by atoms with Crippen molar-refractivity contribution in [1.29, 1.82) is 0 Å². The Balaban J connectivity index is 1.69. The maximum atomic E-state index is 15.1. The lowest BCUT2D eigenvalue weighted by Crippen LogP contribution is -2.60. The van der Waals surface area contributed by atoms with Crippen molar-refractivity contribution in [2.75, 3.05) is 51.3 Å². The van der Waals surface area contributed by atoms with Gasteiger partial charge in [0.05, 0.1) is 17.9 Å². The molecule has 2 aliphatic rings. The average Bonchev–Trinajstić information content (AvgIpc) is 3.27. The second-order valence-corrected chi connectivity index (χ2v) is 17.2. The van der Waals surface area contributed by atoms with Gasteiger partial charge in [-0.15, -0.1) is 0 Å². The molecular formula is C37H46Cl2N4O4S. The van der Waals surface area contributed by atoms with Crippen LogP contribution in [0.2, 0.25) is 10.0 Å². The van der Waals surface area contributed by atoms with Crippen LogP contribution in [0.25, 0.3) is 0 Å². The molecule has 0 spiro atoms. The van der Waals surface area contributed by atoms with Crippen LogP contribution in [0.4, 0.5) is 4.79 Å². The molecule has 2 aliphatic heterocycles. The number of aliphatic imine (C=N–C) groups is 1. The van der Waals surface area contributed by atoms with E-state index < -0.39 is 20.9 Å². The van der Waals surface area contributed by atoms with Crippen LogP contribution >= 0.6 is 23.2 Å². The summed E-state index contributed by atoms with van der Waals surface area (Å²) in [5, 5.41) is 1.20. The first-order valence-corrected chi connectivity index (χ1v) is 19.2. The molecule has 8 nitrogen and oxygen atoms in total. The van der Waals surface area contributed by atoms with Gasteiger partial charge in [-0.1, -0.05) is 74.3 Å². The number of rotatable bonds is 8. The van der Waals surface area contributed by atoms with Gasteiger partial charge in [-0.25, -0.2) is 13.2 Å². The molecule has 2 atom stereocenters. The highest BCUT2D eigenvalue weighted by atomic mass is 35.5. The van der Waals surface area contributed by atoms with Gasteiger partial charge in [0, 0.05) is 49.0 Å². The summed E-state index contributed by atoms with van der Waals surface area (Å²) in [4.78, 5) is 26.4. The second-order valence-electron chi connectivity index (χ2n) is 14.1. The van der Waals surface area contributed by atoms with Gasteiger partial charge in [-0.05, 0) is 79.3 Å². The monoisotopic (exact) mass is 712 g/mol. The van der Waals surface area contributed by atoms with Crippen LogP contribution in [0.5, 0.6) is 5.75 Å². The molecule has 5 rings (SSSR count). The predicted molar refractivity (Wildman–Crippen MR) is 195 cm³/mol. The lowest BCUT2D eigenvalue weighted by Gasteiger charge is -2.47. The van der Waals surface area contributed by atoms with Crippen LogP contribution in [0.1, 0.15) is 63.8 Å². The van der Waals surface area contributed by atoms with Gasteiger partial charge in [0.15, 0.2) is 0 Å². The van der Waals surface area contributed by atoms with Gasteiger partial charge in [-0.3, -0.25) is 14.8 Å². The quantitative estimate of drug-likeness (QED) is 0.244. The van der Waals surface area contributed by atoms with Gasteiger partial charge in [-0.2, -0.15) is 0 Å². The van der Waals surface area contributed by atoms with E-state index in [1.165, 1.54) is 6.26 Å². The lowest BCUT2D eigenvalue weighted by molar-refractivity contribution is 0.0880. The summed E-state index contributed by atoms with van der Waals surface area (Å²) in [7, 11) is -3.09. The molecule has 1 saturated heterocycles. The topological polar surface area (TPSA) is 82.5 Å². The number of carbonyl (C=O) groups is 1. The molecule has 2 amide bonds. The fourth-order valence-corrected chi connectivity index (χ4v) is 7.46. The molecule has 2 unspecified atom stereocenters. The van der Waals surface area contributed by atoms with Crippen LogP contribution in [-0.4, -0.2) is 86.3 Å². The molecule has 11 heteroatoms. The lowest BCUT2D eigenvalue weighted by atomic mass is 9.71. The number of amides is 2. The maximum absolute atomic E-state index is 15.1. The number of sulfone groups is 1. The van der Waals surface area contributed by atoms with E-state index in [-0.39, 0.29) is 17.2 Å². The third kappa shape index (κ3) is 7.11. The molecule has 0 radical (unpaired) electrons. The first kappa shape index (κ1) is 36.2. The van der Waals surface area contributed by atoms with E-state index in [0.717, 1.165) is 22.3 Å². The molecule has 0 aromatic heterocycles. The van der Waals surface area contributed by atoms with Crippen LogP contribution in [0.3, 0.4) is 0 Å². The Morgan fingerprint density at radius 3 is 1.98 bits per heavy atom. The number of amidine groups is 1. The number of piperazine rings is 1. The SMILES string of the molecule is CCOc1cc(C(C)(C)C)ccc1C1=NC(C)(c2ccc(Cl)cc2)C(C)(c2ccc(Cl)cc2)N1C(=O)N1CCN(CCS(C)(=O)=O)CC1. The Bertz CT molecular complexity index is 1780. The number of ether oxygens (including phenoxy) is 1. The first-order valence-electron chi connectivity index (χ1n) is 16.4. The molecule has 3 aromatic carbocycles. The van der Waals surface area contributed by atoms with Gasteiger partial charge in [0.2, 0.25) is 0 Å². The summed E-state index contributed by atoms with van der Waals surface area (Å²) in [6.07, 6.45) is 1.25. The van der Waals surface area contributed by atoms with Crippen molar-refractivity contribution in [1.82, 2.24) is 14.7 Å². The summed E-state index contributed by atoms with van der Waals surface area (Å²) in [6, 6.07) is 21.2. The zero-order chi connectivity index (χ0) is 35.1. The summed E-state index contributed by atoms with van der Waals surface area (Å²) < 4.78 is 29.9. The average molecular weight is 714 g/mol. The number of nitrogens with zero attached hydrogens (tertiary/aromatic N) is 4. The summed E-state index contributed by atoms with van der Waals surface area (Å²) in [5.74, 6) is 1.26. The number of hydrogen-bond acceptors (Lipinski definition) is 6. The summed E-state index contributed by atoms with van der Waals surface area (Å²) >= 11 is 12.8. The standard InChI is InChI=1S/C37H46Cl2N4O4S/c1-8-47-32-25-28(35(2,3)4)13-18-31(32)33-40-36(5,26-9-14-29(38)15-10-26)37(6,27-11-16-30(39)17-12-27)43(33)34(44)42-21-19-41(20-22-42)23-24-48(7,45)46/h9-18,25H,8,19-24H2,1-7H3. The van der Waals surface area contributed by atoms with Crippen LogP contribution in [0.15, 0.2) is 71.7 Å². The van der Waals surface area contributed by atoms with E-state index in [0.29, 0.717) is 61.0 Å². The molecule has 0 saturated carbocycles. The Hall–Kier alpha value is -3.11. The zero-order valence-corrected chi connectivity index (χ0v) is 31.2. The number of carbonyl (C=O) groups excluding carboxylic acids is 1. The van der Waals surface area contributed by atoms with Crippen molar-refractivity contribution >= 4 is 44.9 Å². The normalized spacial score (nSPS) is 22.1. The number of halogens is 2. The minimum atomic E-state index is -3.09. The van der Waals surface area contributed by atoms with Crippen molar-refractivity contribution in [2.24, 2.45) is 4.99 Å². The third-order valence-electron chi connectivity index (χ3n) is 9.75. The minimum Gasteiger partial charge on any atom is -0.493 e. The Morgan fingerprint density at radius 1 is 0.896 bits per heavy atom. The van der Waals surface area contributed by atoms with E-state index in [1.807, 2.05) is 71.3 Å². The fraction of sp³-hybridized carbons (Fsp3) is 0.459. The number of hydrogen-bond donors (Lipinski definition) is 0. The Kier molecular flexibility index (Phi) is 10.3. The van der Waals surface area contributed by atoms with Gasteiger partial charge in [0.1, 0.15) is 32.5 Å². The number of urea groups is 1. The van der Waals surface area contributed by atoms with E-state index in [1.54, 1.807) is 0 Å². The highest BCUT2D eigenvalue weighted by molar-refractivity contribution is 7.90. The molecule has 0 bridgehead atoms. The molecule has 258 valence electrons. The molecule has 2 heterocycles. The largest absolute Gasteiger partial charge is 0.493 e. The predicted octanol–water partition coefficient (Wildman–Crippen LogP) is 7.36. The summed E-state index contributed by atoms with van der Waals surface area (Å²) in [6.45, 7) is 15.5. The molecule has 48 heavy (non-hydrogen) atoms. The summed E-state index contributed by atoms with van der Waals surface area (Å²) in [5.41, 5.74) is 1.50. The van der Waals surface area contributed by atoms with Crippen molar-refractivity contribution < 1.29 is 17.9 Å². The maximum Gasteiger partial charge on any atom is 0.326 e. The van der Waals surface area contributed by atoms with Crippen molar-refractivity contribution in [3.05, 3.63) is 99.0 Å². The number of benzene rings is 3. The smallest absolute Gasteiger partial charge is 0.326 e. The van der Waals surface area contributed by atoms with E-state index in [2.05, 4.69) is 51.7 Å². The van der Waals surface area contributed by atoms with Crippen molar-refractivity contribution in [2.45, 2.75) is 58.0 Å². The third-order valence-corrected chi connectivity index (χ3v) is 11.2. The van der Waals surface area contributed by atoms with E-state index in [4.69, 9.17) is 32.9 Å². The Labute approximate surface area is 295 Å². The molecule has 1 fully saturated rings. The molecule has 0 aliphatic carbocycles. The first-order chi connectivity index (χ1) is 22.5. The van der Waals surface area contributed by atoms with Crippen molar-refractivity contribution in [3.63, 3.8) is 0 Å². The fourth-order valence-electron chi connectivity index (χ4n) is 6.61. The van der Waals surface area contributed by atoms with E-state index >= 15 is 4.79 Å². The molecular weight excluding hydrogens is 667 g/mol. The highest BCUT2D eigenvalue weighted by Crippen LogP contribution is 2.54. The molecule has 3 aromatic rings. The highest BCUT2D eigenvalue weighted by Gasteiger charge is 2.60. The second kappa shape index (κ2) is 13.7. The van der Waals surface area contributed by atoms with Crippen LogP contribution in [-0.2, 0) is 26.3 Å². The van der Waals surface area contributed by atoms with Crippen molar-refractivity contribution in [3.8, 4) is 5.75 Å². The minimum absolute atomic E-state index is 0.0860. The Morgan fingerprint density at radius 2 is 1.46 bits per heavy atom. The van der Waals surface area contributed by atoms with Crippen LogP contribution < -0.4 is 4.74 Å². The van der Waals surface area contributed by atoms with Crippen LogP contribution in [0, 0.1) is 0 Å². The zero-order valence-electron chi connectivity index (χ0n) is 28.9. The van der Waals surface area contributed by atoms with Gasteiger partial charge >= 0.3 is 6.03 Å². The van der Waals surface area contributed by atoms with Gasteiger partial charge < -0.3 is 9.64 Å². The van der Waals surface area contributed by atoms with E-state index in [9.17, 15) is 8.42 Å². The molecule has 0 N–H and O–H groups in total. The van der Waals surface area contributed by atoms with Gasteiger partial charge in [0.25, 0.3) is 0 Å².